The molecule has 2 heteroatoms. The summed E-state index contributed by atoms with van der Waals surface area (Å²) in [5.74, 6) is 0.768. The van der Waals surface area contributed by atoms with E-state index in [9.17, 15) is 0 Å². The first-order valence-electron chi connectivity index (χ1n) is 4.69. The summed E-state index contributed by atoms with van der Waals surface area (Å²) in [4.78, 5) is 0. The van der Waals surface area contributed by atoms with Crippen molar-refractivity contribution in [2.24, 2.45) is 11.7 Å². The van der Waals surface area contributed by atoms with Crippen molar-refractivity contribution in [1.29, 1.82) is 0 Å². The lowest BCUT2D eigenvalue weighted by molar-refractivity contribution is 0.453. The molecule has 0 aliphatic rings. The van der Waals surface area contributed by atoms with Gasteiger partial charge in [-0.2, -0.15) is 0 Å². The highest BCUT2D eigenvalue weighted by molar-refractivity contribution is 5.28. The number of benzene rings is 1. The molecule has 1 unspecified atom stereocenters. The van der Waals surface area contributed by atoms with Crippen molar-refractivity contribution in [3.63, 3.8) is 0 Å². The van der Waals surface area contributed by atoms with E-state index in [1.165, 1.54) is 0 Å². The van der Waals surface area contributed by atoms with Crippen LogP contribution in [0.4, 0.5) is 0 Å². The molecule has 0 aromatic heterocycles. The first kappa shape index (κ1) is 10.1. The lowest BCUT2D eigenvalue weighted by atomic mass is 9.93. The van der Waals surface area contributed by atoms with Crippen LogP contribution in [0.15, 0.2) is 24.3 Å². The second kappa shape index (κ2) is 4.28. The van der Waals surface area contributed by atoms with Crippen molar-refractivity contribution in [3.05, 3.63) is 29.8 Å². The van der Waals surface area contributed by atoms with Gasteiger partial charge in [0.25, 0.3) is 0 Å². The summed E-state index contributed by atoms with van der Waals surface area (Å²) in [7, 11) is 0. The van der Waals surface area contributed by atoms with E-state index in [0.717, 1.165) is 12.0 Å². The summed E-state index contributed by atoms with van der Waals surface area (Å²) in [6.07, 6.45) is 1.07. The summed E-state index contributed by atoms with van der Waals surface area (Å²) in [6, 6.07) is 7.19. The normalized spacial score (nSPS) is 15.3. The summed E-state index contributed by atoms with van der Waals surface area (Å²) in [5, 5.41) is 9.09. The van der Waals surface area contributed by atoms with Gasteiger partial charge in [0, 0.05) is 6.04 Å². The third kappa shape index (κ3) is 2.46. The molecule has 0 fully saturated rings. The lowest BCUT2D eigenvalue weighted by Gasteiger charge is -2.18. The van der Waals surface area contributed by atoms with Crippen LogP contribution >= 0.6 is 0 Å². The second-order valence-electron chi connectivity index (χ2n) is 3.50. The summed E-state index contributed by atoms with van der Waals surface area (Å²) in [5.41, 5.74) is 7.11. The van der Waals surface area contributed by atoms with Gasteiger partial charge in [0.15, 0.2) is 0 Å². The molecule has 0 amide bonds. The Bertz CT molecular complexity index is 255. The molecule has 1 aromatic rings. The number of hydrogen-bond donors (Lipinski definition) is 2. The van der Waals surface area contributed by atoms with E-state index in [4.69, 9.17) is 10.8 Å². The Kier molecular flexibility index (Phi) is 3.32. The first-order valence-corrected chi connectivity index (χ1v) is 4.69. The minimum Gasteiger partial charge on any atom is -0.508 e. The second-order valence-corrected chi connectivity index (χ2v) is 3.50. The van der Waals surface area contributed by atoms with E-state index < -0.39 is 0 Å². The van der Waals surface area contributed by atoms with Gasteiger partial charge < -0.3 is 10.8 Å². The van der Waals surface area contributed by atoms with Crippen LogP contribution in [-0.4, -0.2) is 5.11 Å². The van der Waals surface area contributed by atoms with E-state index in [-0.39, 0.29) is 6.04 Å². The number of hydrogen-bond acceptors (Lipinski definition) is 2. The van der Waals surface area contributed by atoms with Gasteiger partial charge in [-0.15, -0.1) is 0 Å². The van der Waals surface area contributed by atoms with Crippen molar-refractivity contribution in [3.8, 4) is 5.75 Å². The Morgan fingerprint density at radius 2 is 1.85 bits per heavy atom. The van der Waals surface area contributed by atoms with Crippen LogP contribution in [0.25, 0.3) is 0 Å². The van der Waals surface area contributed by atoms with Crippen LogP contribution in [0.3, 0.4) is 0 Å². The average molecular weight is 179 g/mol. The summed E-state index contributed by atoms with van der Waals surface area (Å²) < 4.78 is 0. The molecular weight excluding hydrogens is 162 g/mol. The standard InChI is InChI=1S/C11H17NO/c1-3-8(2)11(12)9-4-6-10(13)7-5-9/h4-8,11,13H,3,12H2,1-2H3/t8?,11-/m1/s1. The molecule has 13 heavy (non-hydrogen) atoms. The lowest BCUT2D eigenvalue weighted by Crippen LogP contribution is -2.18. The fraction of sp³-hybridized carbons (Fsp3) is 0.455. The number of rotatable bonds is 3. The molecule has 0 bridgehead atoms. The molecule has 0 saturated carbocycles. The molecule has 0 heterocycles. The van der Waals surface area contributed by atoms with Gasteiger partial charge in [0.05, 0.1) is 0 Å². The zero-order valence-corrected chi connectivity index (χ0v) is 8.20. The first-order chi connectivity index (χ1) is 6.15. The van der Waals surface area contributed by atoms with E-state index in [1.54, 1.807) is 12.1 Å². The van der Waals surface area contributed by atoms with Crippen LogP contribution in [0.2, 0.25) is 0 Å². The maximum absolute atomic E-state index is 9.09. The molecule has 0 aliphatic carbocycles. The quantitative estimate of drug-likeness (QED) is 0.748. The summed E-state index contributed by atoms with van der Waals surface area (Å²) >= 11 is 0. The van der Waals surface area contributed by atoms with Gasteiger partial charge in [-0.25, -0.2) is 0 Å². The minimum absolute atomic E-state index is 0.0746. The molecule has 3 N–H and O–H groups in total. The smallest absolute Gasteiger partial charge is 0.115 e. The van der Waals surface area contributed by atoms with Gasteiger partial charge in [-0.3, -0.25) is 0 Å². The van der Waals surface area contributed by atoms with Crippen molar-refractivity contribution in [2.45, 2.75) is 26.3 Å². The summed E-state index contributed by atoms with van der Waals surface area (Å²) in [6.45, 7) is 4.27. The molecule has 0 radical (unpaired) electrons. The SMILES string of the molecule is CCC(C)[C@@H](N)c1ccc(O)cc1. The zero-order valence-electron chi connectivity index (χ0n) is 8.20. The number of phenolic OH excluding ortho intramolecular Hbond substituents is 1. The highest BCUT2D eigenvalue weighted by Crippen LogP contribution is 2.22. The maximum Gasteiger partial charge on any atom is 0.115 e. The number of phenols is 1. The number of nitrogens with two attached hydrogens (primary N) is 1. The molecule has 0 spiro atoms. The monoisotopic (exact) mass is 179 g/mol. The fourth-order valence-electron chi connectivity index (χ4n) is 1.28. The van der Waals surface area contributed by atoms with E-state index in [2.05, 4.69) is 13.8 Å². The highest BCUT2D eigenvalue weighted by atomic mass is 16.3. The molecule has 2 nitrogen and oxygen atoms in total. The Balaban J connectivity index is 2.77. The average Bonchev–Trinajstić information content (AvgIpc) is 2.17. The Hall–Kier alpha value is -1.02. The molecule has 1 rings (SSSR count). The van der Waals surface area contributed by atoms with Crippen molar-refractivity contribution >= 4 is 0 Å². The predicted octanol–water partition coefficient (Wildman–Crippen LogP) is 2.44. The molecule has 0 saturated heterocycles. The molecule has 2 atom stereocenters. The Morgan fingerprint density at radius 3 is 2.31 bits per heavy atom. The van der Waals surface area contributed by atoms with E-state index in [1.807, 2.05) is 12.1 Å². The molecule has 0 aliphatic heterocycles. The number of aromatic hydroxyl groups is 1. The predicted molar refractivity (Wildman–Crippen MR) is 54.5 cm³/mol. The van der Waals surface area contributed by atoms with Crippen LogP contribution in [0, 0.1) is 5.92 Å². The minimum atomic E-state index is 0.0746. The molecular formula is C11H17NO. The van der Waals surface area contributed by atoms with Gasteiger partial charge in [-0.1, -0.05) is 32.4 Å². The van der Waals surface area contributed by atoms with Crippen molar-refractivity contribution in [1.82, 2.24) is 0 Å². The third-order valence-corrected chi connectivity index (χ3v) is 2.53. The van der Waals surface area contributed by atoms with Gasteiger partial charge in [0.2, 0.25) is 0 Å². The van der Waals surface area contributed by atoms with E-state index >= 15 is 0 Å². The van der Waals surface area contributed by atoms with Gasteiger partial charge in [-0.05, 0) is 23.6 Å². The van der Waals surface area contributed by atoms with Gasteiger partial charge in [0.1, 0.15) is 5.75 Å². The Labute approximate surface area is 79.4 Å². The van der Waals surface area contributed by atoms with Crippen molar-refractivity contribution < 1.29 is 5.11 Å². The zero-order chi connectivity index (χ0) is 9.84. The van der Waals surface area contributed by atoms with Crippen LogP contribution in [0.5, 0.6) is 5.75 Å². The van der Waals surface area contributed by atoms with Gasteiger partial charge >= 0.3 is 0 Å². The highest BCUT2D eigenvalue weighted by Gasteiger charge is 2.12. The van der Waals surface area contributed by atoms with E-state index in [0.29, 0.717) is 11.7 Å². The fourth-order valence-corrected chi connectivity index (χ4v) is 1.28. The van der Waals surface area contributed by atoms with Crippen LogP contribution in [0.1, 0.15) is 31.9 Å². The maximum atomic E-state index is 9.09. The molecule has 1 aromatic carbocycles. The van der Waals surface area contributed by atoms with Crippen molar-refractivity contribution in [2.75, 3.05) is 0 Å². The Morgan fingerprint density at radius 1 is 1.31 bits per heavy atom. The third-order valence-electron chi connectivity index (χ3n) is 2.53. The largest absolute Gasteiger partial charge is 0.508 e. The van der Waals surface area contributed by atoms with Crippen LogP contribution < -0.4 is 5.73 Å². The topological polar surface area (TPSA) is 46.2 Å². The molecule has 72 valence electrons. The van der Waals surface area contributed by atoms with Crippen LogP contribution in [-0.2, 0) is 0 Å².